The number of aromatic nitrogens is 1. The number of thioether (sulfide) groups is 1. The van der Waals surface area contributed by atoms with E-state index in [-0.39, 0.29) is 11.2 Å². The van der Waals surface area contributed by atoms with Crippen molar-refractivity contribution < 1.29 is 13.9 Å². The van der Waals surface area contributed by atoms with E-state index in [9.17, 15) is 4.79 Å². The van der Waals surface area contributed by atoms with Gasteiger partial charge in [0.15, 0.2) is 5.13 Å². The third kappa shape index (κ3) is 4.89. The van der Waals surface area contributed by atoms with Gasteiger partial charge in [-0.3, -0.25) is 4.79 Å². The lowest BCUT2D eigenvalue weighted by molar-refractivity contribution is -0.115. The summed E-state index contributed by atoms with van der Waals surface area (Å²) in [6.45, 7) is 4.48. The van der Waals surface area contributed by atoms with Crippen LogP contribution in [0.2, 0.25) is 0 Å². The minimum Gasteiger partial charge on any atom is -0.494 e. The topological polar surface area (TPSA) is 64.4 Å². The lowest BCUT2D eigenvalue weighted by Crippen LogP contribution is -2.22. The number of ether oxygens (including phenoxy) is 1. The molecule has 0 aliphatic heterocycles. The third-order valence-electron chi connectivity index (χ3n) is 3.62. The van der Waals surface area contributed by atoms with Gasteiger partial charge in [-0.25, -0.2) is 4.98 Å². The molecule has 1 amide bonds. The van der Waals surface area contributed by atoms with E-state index in [1.54, 1.807) is 6.26 Å². The maximum Gasteiger partial charge on any atom is 0.239 e. The standard InChI is InChI=1S/C19H20N2O3S2/c1-3-23-15-8-6-14(7-9-15)17-12-26-19(20-17)21-18(22)13(2)25-11-16-5-4-10-24-16/h4-10,12-13H,3,11H2,1-2H3,(H,20,21,22). The van der Waals surface area contributed by atoms with Crippen molar-refractivity contribution in [3.8, 4) is 17.0 Å². The smallest absolute Gasteiger partial charge is 0.239 e. The van der Waals surface area contributed by atoms with Gasteiger partial charge in [0, 0.05) is 10.9 Å². The molecule has 0 radical (unpaired) electrons. The van der Waals surface area contributed by atoms with Crippen molar-refractivity contribution in [2.24, 2.45) is 0 Å². The highest BCUT2D eigenvalue weighted by Crippen LogP contribution is 2.27. The number of nitrogens with one attached hydrogen (secondary N) is 1. The molecule has 7 heteroatoms. The summed E-state index contributed by atoms with van der Waals surface area (Å²) in [5.41, 5.74) is 1.83. The molecule has 1 unspecified atom stereocenters. The van der Waals surface area contributed by atoms with Crippen molar-refractivity contribution in [3.05, 3.63) is 53.8 Å². The zero-order valence-corrected chi connectivity index (χ0v) is 16.2. The first-order chi connectivity index (χ1) is 12.7. The molecule has 0 aliphatic rings. The minimum absolute atomic E-state index is 0.0610. The summed E-state index contributed by atoms with van der Waals surface area (Å²) in [4.78, 5) is 16.8. The molecule has 1 aromatic carbocycles. The number of thiazole rings is 1. The Morgan fingerprint density at radius 1 is 1.35 bits per heavy atom. The third-order valence-corrected chi connectivity index (χ3v) is 5.54. The lowest BCUT2D eigenvalue weighted by Gasteiger charge is -2.09. The van der Waals surface area contributed by atoms with Gasteiger partial charge >= 0.3 is 0 Å². The molecular weight excluding hydrogens is 368 g/mol. The second-order valence-corrected chi connectivity index (χ2v) is 7.70. The molecule has 0 saturated heterocycles. The SMILES string of the molecule is CCOc1ccc(-c2csc(NC(=O)C(C)SCc3ccco3)n2)cc1. The maximum atomic E-state index is 12.3. The molecule has 0 aliphatic carbocycles. The van der Waals surface area contributed by atoms with Crippen molar-refractivity contribution in [2.75, 3.05) is 11.9 Å². The fourth-order valence-electron chi connectivity index (χ4n) is 2.24. The Kier molecular flexibility index (Phi) is 6.35. The summed E-state index contributed by atoms with van der Waals surface area (Å²) in [6.07, 6.45) is 1.64. The lowest BCUT2D eigenvalue weighted by atomic mass is 10.2. The van der Waals surface area contributed by atoms with Crippen molar-refractivity contribution in [1.29, 1.82) is 0 Å². The molecule has 2 heterocycles. The number of benzene rings is 1. The second kappa shape index (κ2) is 8.91. The average Bonchev–Trinajstić information content (AvgIpc) is 3.32. The first kappa shape index (κ1) is 18.5. The largest absolute Gasteiger partial charge is 0.494 e. The molecule has 0 saturated carbocycles. The fraction of sp³-hybridized carbons (Fsp3) is 0.263. The van der Waals surface area contributed by atoms with Gasteiger partial charge in [0.05, 0.1) is 29.6 Å². The Hall–Kier alpha value is -2.25. The van der Waals surface area contributed by atoms with Gasteiger partial charge in [-0.1, -0.05) is 0 Å². The zero-order chi connectivity index (χ0) is 18.4. The number of nitrogens with zero attached hydrogens (tertiary/aromatic N) is 1. The quantitative estimate of drug-likeness (QED) is 0.584. The predicted octanol–water partition coefficient (Wildman–Crippen LogP) is 5.06. The maximum absolute atomic E-state index is 12.3. The monoisotopic (exact) mass is 388 g/mol. The number of anilines is 1. The molecule has 136 valence electrons. The van der Waals surface area contributed by atoms with Crippen LogP contribution in [0.1, 0.15) is 19.6 Å². The first-order valence-corrected chi connectivity index (χ1v) is 10.2. The number of hydrogen-bond donors (Lipinski definition) is 1. The Balaban J connectivity index is 1.56. The van der Waals surface area contributed by atoms with E-state index < -0.39 is 0 Å². The number of amides is 1. The van der Waals surface area contributed by atoms with Crippen LogP contribution in [0.4, 0.5) is 5.13 Å². The second-order valence-electron chi connectivity index (χ2n) is 5.52. The average molecular weight is 389 g/mol. The van der Waals surface area contributed by atoms with E-state index in [4.69, 9.17) is 9.15 Å². The summed E-state index contributed by atoms with van der Waals surface area (Å²) >= 11 is 2.95. The molecule has 3 aromatic rings. The summed E-state index contributed by atoms with van der Waals surface area (Å²) in [6, 6.07) is 11.5. The summed E-state index contributed by atoms with van der Waals surface area (Å²) in [5.74, 6) is 2.30. The zero-order valence-electron chi connectivity index (χ0n) is 14.6. The van der Waals surface area contributed by atoms with Crippen LogP contribution in [0.15, 0.2) is 52.5 Å². The number of hydrogen-bond acceptors (Lipinski definition) is 6. The molecule has 5 nitrogen and oxygen atoms in total. The van der Waals surface area contributed by atoms with Gasteiger partial charge < -0.3 is 14.5 Å². The van der Waals surface area contributed by atoms with E-state index in [1.807, 2.05) is 55.6 Å². The number of carbonyl (C=O) groups is 1. The number of rotatable bonds is 8. The Morgan fingerprint density at radius 2 is 2.15 bits per heavy atom. The predicted molar refractivity (Wildman–Crippen MR) is 107 cm³/mol. The Bertz CT molecular complexity index is 829. The van der Waals surface area contributed by atoms with Gasteiger partial charge in [0.1, 0.15) is 11.5 Å². The molecule has 0 bridgehead atoms. The van der Waals surface area contributed by atoms with Gasteiger partial charge in [0.25, 0.3) is 0 Å². The van der Waals surface area contributed by atoms with Crippen molar-refractivity contribution >= 4 is 34.1 Å². The van der Waals surface area contributed by atoms with E-state index >= 15 is 0 Å². The van der Waals surface area contributed by atoms with Crippen molar-refractivity contribution in [2.45, 2.75) is 24.9 Å². The van der Waals surface area contributed by atoms with Gasteiger partial charge in [0.2, 0.25) is 5.91 Å². The molecule has 0 spiro atoms. The molecule has 0 fully saturated rings. The summed E-state index contributed by atoms with van der Waals surface area (Å²) < 4.78 is 10.7. The normalized spacial score (nSPS) is 11.9. The van der Waals surface area contributed by atoms with Crippen LogP contribution in [-0.2, 0) is 10.5 Å². The first-order valence-electron chi connectivity index (χ1n) is 8.29. The van der Waals surface area contributed by atoms with E-state index in [0.29, 0.717) is 17.5 Å². The minimum atomic E-state index is -0.196. The van der Waals surface area contributed by atoms with Crippen LogP contribution >= 0.6 is 23.1 Å². The Labute approximate surface area is 160 Å². The molecule has 1 N–H and O–H groups in total. The van der Waals surface area contributed by atoms with Gasteiger partial charge in [-0.15, -0.1) is 23.1 Å². The van der Waals surface area contributed by atoms with E-state index in [2.05, 4.69) is 10.3 Å². The molecule has 1 atom stereocenters. The highest BCUT2D eigenvalue weighted by atomic mass is 32.2. The molecule has 26 heavy (non-hydrogen) atoms. The van der Waals surface area contributed by atoms with Crippen LogP contribution in [0.5, 0.6) is 5.75 Å². The molecular formula is C19H20N2O3S2. The van der Waals surface area contributed by atoms with E-state index in [1.165, 1.54) is 23.1 Å². The molecule has 2 aromatic heterocycles. The van der Waals surface area contributed by atoms with Crippen LogP contribution in [0.25, 0.3) is 11.3 Å². The molecule has 3 rings (SSSR count). The highest BCUT2D eigenvalue weighted by Gasteiger charge is 2.16. The number of carbonyl (C=O) groups excluding carboxylic acids is 1. The summed E-state index contributed by atoms with van der Waals surface area (Å²) in [5, 5.41) is 5.23. The van der Waals surface area contributed by atoms with Gasteiger partial charge in [-0.05, 0) is 50.2 Å². The van der Waals surface area contributed by atoms with Crippen molar-refractivity contribution in [3.63, 3.8) is 0 Å². The highest BCUT2D eigenvalue weighted by molar-refractivity contribution is 7.99. The number of furan rings is 1. The fourth-order valence-corrected chi connectivity index (χ4v) is 3.75. The Morgan fingerprint density at radius 3 is 2.85 bits per heavy atom. The van der Waals surface area contributed by atoms with Crippen LogP contribution in [0.3, 0.4) is 0 Å². The summed E-state index contributed by atoms with van der Waals surface area (Å²) in [7, 11) is 0. The van der Waals surface area contributed by atoms with Crippen LogP contribution < -0.4 is 10.1 Å². The van der Waals surface area contributed by atoms with Gasteiger partial charge in [-0.2, -0.15) is 0 Å². The van der Waals surface area contributed by atoms with Crippen LogP contribution in [-0.4, -0.2) is 22.7 Å². The van der Waals surface area contributed by atoms with E-state index in [0.717, 1.165) is 22.8 Å². The van der Waals surface area contributed by atoms with Crippen molar-refractivity contribution in [1.82, 2.24) is 4.98 Å². The van der Waals surface area contributed by atoms with Crippen LogP contribution in [0, 0.1) is 0 Å².